The summed E-state index contributed by atoms with van der Waals surface area (Å²) in [4.78, 5) is 11.5. The number of amides is 1. The van der Waals surface area contributed by atoms with Crippen molar-refractivity contribution in [3.63, 3.8) is 0 Å². The number of halogens is 3. The van der Waals surface area contributed by atoms with Gasteiger partial charge >= 0.3 is 12.3 Å². The topological polar surface area (TPSA) is 99.5 Å². The van der Waals surface area contributed by atoms with Gasteiger partial charge in [-0.05, 0) is 32.1 Å². The summed E-state index contributed by atoms with van der Waals surface area (Å²) in [6, 6.07) is -2.12. The SMILES string of the molecule is [2H]C(F)(F)C(=O)N(F)[C@H]1C(OCCCCCCCC/C=C\CCCCCCCC)O[C@H](CO)[C@@H](O)[C@@H]1O. The van der Waals surface area contributed by atoms with E-state index in [4.69, 9.17) is 10.8 Å². The van der Waals surface area contributed by atoms with Crippen molar-refractivity contribution < 1.29 is 44.2 Å². The number of alkyl halides is 2. The molecule has 0 aromatic carbocycles. The highest BCUT2D eigenvalue weighted by Gasteiger charge is 2.50. The first-order chi connectivity index (χ1) is 17.6. The van der Waals surface area contributed by atoms with Crippen LogP contribution >= 0.6 is 0 Å². The highest BCUT2D eigenvalue weighted by molar-refractivity contribution is 5.78. The highest BCUT2D eigenvalue weighted by atomic mass is 19.3. The molecular formula is C26H46F3NO6. The first-order valence-electron chi connectivity index (χ1n) is 13.9. The fourth-order valence-corrected chi connectivity index (χ4v) is 4.21. The van der Waals surface area contributed by atoms with Gasteiger partial charge in [-0.2, -0.15) is 13.9 Å². The Kier molecular flexibility index (Phi) is 17.1. The zero-order valence-corrected chi connectivity index (χ0v) is 21.5. The van der Waals surface area contributed by atoms with E-state index in [-0.39, 0.29) is 6.61 Å². The number of hydrogen-bond donors (Lipinski definition) is 3. The van der Waals surface area contributed by atoms with Crippen molar-refractivity contribution in [3.05, 3.63) is 12.2 Å². The van der Waals surface area contributed by atoms with Gasteiger partial charge in [0, 0.05) is 6.61 Å². The van der Waals surface area contributed by atoms with Gasteiger partial charge < -0.3 is 24.8 Å². The maximum Gasteiger partial charge on any atom is 0.318 e. The molecule has 0 radical (unpaired) electrons. The van der Waals surface area contributed by atoms with Crippen LogP contribution in [-0.4, -0.2) is 76.6 Å². The van der Waals surface area contributed by atoms with Crippen LogP contribution in [0.3, 0.4) is 0 Å². The molecule has 0 aliphatic carbocycles. The Labute approximate surface area is 215 Å². The maximum absolute atomic E-state index is 14.4. The lowest BCUT2D eigenvalue weighted by Crippen LogP contribution is -2.64. The van der Waals surface area contributed by atoms with Gasteiger partial charge in [0.1, 0.15) is 25.7 Å². The lowest BCUT2D eigenvalue weighted by molar-refractivity contribution is -0.302. The standard InChI is InChI=1S/C26H46F3NO6/c1-2-3-4-5-6-7-8-9-10-11-12-13-14-15-16-17-18-35-26-21(30(29)25(34)24(27)28)23(33)22(32)20(19-31)36-26/h9-10,20-24,26,31-33H,2-8,11-19H2,1H3/b10-9-/t20-,21-,22-,23-,26?/m1/s1/i24D. The Morgan fingerprint density at radius 2 is 1.50 bits per heavy atom. The maximum atomic E-state index is 14.4. The Bertz CT molecular complexity index is 640. The van der Waals surface area contributed by atoms with Crippen LogP contribution in [0.4, 0.5) is 13.3 Å². The van der Waals surface area contributed by atoms with E-state index in [1.54, 1.807) is 0 Å². The van der Waals surface area contributed by atoms with Crippen molar-refractivity contribution in [2.75, 3.05) is 13.2 Å². The van der Waals surface area contributed by atoms with Crippen molar-refractivity contribution in [3.8, 4) is 0 Å². The van der Waals surface area contributed by atoms with Crippen LogP contribution in [-0.2, 0) is 14.3 Å². The van der Waals surface area contributed by atoms with E-state index in [2.05, 4.69) is 19.1 Å². The van der Waals surface area contributed by atoms with Crippen LogP contribution in [0.25, 0.3) is 0 Å². The second kappa shape index (κ2) is 19.9. The summed E-state index contributed by atoms with van der Waals surface area (Å²) in [5, 5.41) is 28.4. The van der Waals surface area contributed by atoms with Gasteiger partial charge in [0.25, 0.3) is 0 Å². The Balaban J connectivity index is 2.26. The first-order valence-corrected chi connectivity index (χ1v) is 13.4. The summed E-state index contributed by atoms with van der Waals surface area (Å²) >= 11 is 0. The summed E-state index contributed by atoms with van der Waals surface area (Å²) < 4.78 is 57.5. The number of ether oxygens (including phenoxy) is 2. The molecule has 1 saturated heterocycles. The molecule has 0 aromatic rings. The van der Waals surface area contributed by atoms with E-state index >= 15 is 0 Å². The van der Waals surface area contributed by atoms with Gasteiger partial charge in [0.15, 0.2) is 6.29 Å². The third-order valence-electron chi connectivity index (χ3n) is 6.40. The number of nitrogens with zero attached hydrogens (tertiary/aromatic N) is 1. The number of allylic oxidation sites excluding steroid dienone is 2. The minimum absolute atomic E-state index is 0.0304. The van der Waals surface area contributed by atoms with E-state index in [0.717, 1.165) is 44.9 Å². The van der Waals surface area contributed by atoms with Gasteiger partial charge in [-0.15, -0.1) is 0 Å². The molecule has 1 fully saturated rings. The minimum atomic E-state index is -4.78. The molecule has 0 saturated carbocycles. The zero-order valence-electron chi connectivity index (χ0n) is 22.5. The molecule has 10 heteroatoms. The van der Waals surface area contributed by atoms with Crippen LogP contribution < -0.4 is 0 Å². The van der Waals surface area contributed by atoms with Crippen LogP contribution in [0.5, 0.6) is 0 Å². The molecule has 1 aliphatic rings. The third kappa shape index (κ3) is 12.4. The molecular weight excluding hydrogens is 479 g/mol. The van der Waals surface area contributed by atoms with Gasteiger partial charge in [-0.25, -0.2) is 0 Å². The van der Waals surface area contributed by atoms with Gasteiger partial charge in [-0.3, -0.25) is 4.79 Å². The minimum Gasteiger partial charge on any atom is -0.394 e. The van der Waals surface area contributed by atoms with Gasteiger partial charge in [-0.1, -0.05) is 81.3 Å². The quantitative estimate of drug-likeness (QED) is 0.119. The van der Waals surface area contributed by atoms with Gasteiger partial charge in [0.2, 0.25) is 0 Å². The molecule has 0 bridgehead atoms. The second-order valence-electron chi connectivity index (χ2n) is 9.38. The summed E-state index contributed by atoms with van der Waals surface area (Å²) in [6.07, 6.45) is 8.36. The Morgan fingerprint density at radius 3 is 2.03 bits per heavy atom. The molecule has 1 heterocycles. The number of aliphatic hydroxyl groups is 3. The first kappa shape index (κ1) is 31.0. The average molecular weight is 527 g/mol. The smallest absolute Gasteiger partial charge is 0.318 e. The molecule has 1 unspecified atom stereocenters. The average Bonchev–Trinajstić information content (AvgIpc) is 2.86. The molecule has 5 atom stereocenters. The lowest BCUT2D eigenvalue weighted by atomic mass is 9.96. The van der Waals surface area contributed by atoms with Crippen molar-refractivity contribution in [1.29, 1.82) is 0 Å². The largest absolute Gasteiger partial charge is 0.394 e. The fourth-order valence-electron chi connectivity index (χ4n) is 4.21. The number of hydrogen-bond acceptors (Lipinski definition) is 6. The van der Waals surface area contributed by atoms with Crippen LogP contribution in [0, 0.1) is 0 Å². The van der Waals surface area contributed by atoms with Crippen LogP contribution in [0.1, 0.15) is 98.2 Å². The number of unbranched alkanes of at least 4 members (excludes halogenated alkanes) is 12. The molecule has 36 heavy (non-hydrogen) atoms. The normalized spacial score (nSPS) is 25.3. The third-order valence-corrected chi connectivity index (χ3v) is 6.40. The zero-order chi connectivity index (χ0) is 27.7. The van der Waals surface area contributed by atoms with Crippen molar-refractivity contribution in [2.45, 2.75) is 134 Å². The lowest BCUT2D eigenvalue weighted by Gasteiger charge is -2.43. The predicted octanol–water partition coefficient (Wildman–Crippen LogP) is 4.83. The monoisotopic (exact) mass is 526 g/mol. The summed E-state index contributed by atoms with van der Waals surface area (Å²) in [6.45, 7) is 1.51. The molecule has 1 aliphatic heterocycles. The molecule has 212 valence electrons. The molecule has 1 amide bonds. The Morgan fingerprint density at radius 1 is 0.972 bits per heavy atom. The number of carbonyl (C=O) groups excluding carboxylic acids is 1. The van der Waals surface area contributed by atoms with E-state index in [1.165, 1.54) is 38.5 Å². The van der Waals surface area contributed by atoms with Crippen molar-refractivity contribution >= 4 is 5.91 Å². The molecule has 7 nitrogen and oxygen atoms in total. The number of aliphatic hydroxyl groups excluding tert-OH is 3. The van der Waals surface area contributed by atoms with Crippen molar-refractivity contribution in [2.24, 2.45) is 0 Å². The summed E-state index contributed by atoms with van der Waals surface area (Å²) in [5.41, 5.74) is 0. The van der Waals surface area contributed by atoms with E-state index in [9.17, 15) is 33.4 Å². The van der Waals surface area contributed by atoms with Crippen LogP contribution in [0.2, 0.25) is 0 Å². The number of carbonyl (C=O) groups is 1. The summed E-state index contributed by atoms with van der Waals surface area (Å²) in [7, 11) is 0. The molecule has 0 aromatic heterocycles. The molecule has 0 spiro atoms. The van der Waals surface area contributed by atoms with Crippen molar-refractivity contribution in [1.82, 2.24) is 5.12 Å². The Hall–Kier alpha value is -1.20. The fraction of sp³-hybridized carbons (Fsp3) is 0.885. The van der Waals surface area contributed by atoms with Gasteiger partial charge in [0.05, 0.1) is 6.61 Å². The predicted molar refractivity (Wildman–Crippen MR) is 131 cm³/mol. The van der Waals surface area contributed by atoms with E-state index < -0.39 is 54.7 Å². The summed E-state index contributed by atoms with van der Waals surface area (Å²) in [5.74, 6) is -2.51. The number of rotatable bonds is 20. The molecule has 1 rings (SSSR count). The van der Waals surface area contributed by atoms with Crippen LogP contribution in [0.15, 0.2) is 12.2 Å². The van der Waals surface area contributed by atoms with E-state index in [0.29, 0.717) is 6.42 Å². The highest BCUT2D eigenvalue weighted by Crippen LogP contribution is 2.27. The molecule has 3 N–H and O–H groups in total. The second-order valence-corrected chi connectivity index (χ2v) is 9.38. The van der Waals surface area contributed by atoms with E-state index in [1.807, 2.05) is 0 Å².